The lowest BCUT2D eigenvalue weighted by molar-refractivity contribution is -0.128. The van der Waals surface area contributed by atoms with Gasteiger partial charge in [0.15, 0.2) is 0 Å². The first-order valence-corrected chi connectivity index (χ1v) is 9.13. The molecule has 2 rings (SSSR count). The lowest BCUT2D eigenvalue weighted by Crippen LogP contribution is -2.41. The molecule has 0 saturated carbocycles. The summed E-state index contributed by atoms with van der Waals surface area (Å²) in [4.78, 5) is 27.5. The van der Waals surface area contributed by atoms with E-state index in [1.54, 1.807) is 4.90 Å². The van der Waals surface area contributed by atoms with Crippen LogP contribution in [0.5, 0.6) is 0 Å². The molecule has 25 heavy (non-hydrogen) atoms. The molecule has 1 aromatic rings. The van der Waals surface area contributed by atoms with Crippen LogP contribution in [-0.2, 0) is 17.9 Å². The molecule has 1 saturated heterocycles. The van der Waals surface area contributed by atoms with Gasteiger partial charge in [-0.15, -0.1) is 0 Å². The molecule has 2 N–H and O–H groups in total. The highest BCUT2D eigenvalue weighted by atomic mass is 16.3. The van der Waals surface area contributed by atoms with E-state index >= 15 is 0 Å². The number of nitrogens with zero attached hydrogens (tertiary/aromatic N) is 2. The molecule has 1 heterocycles. The molecule has 1 aliphatic rings. The van der Waals surface area contributed by atoms with Crippen LogP contribution in [0.3, 0.4) is 0 Å². The fourth-order valence-electron chi connectivity index (χ4n) is 3.00. The molecule has 0 aliphatic carbocycles. The zero-order chi connectivity index (χ0) is 18.1. The normalized spacial score (nSPS) is 14.0. The number of urea groups is 1. The van der Waals surface area contributed by atoms with Crippen LogP contribution in [0.1, 0.15) is 43.7 Å². The minimum atomic E-state index is -0.150. The van der Waals surface area contributed by atoms with E-state index in [2.05, 4.69) is 12.2 Å². The Morgan fingerprint density at radius 1 is 1.32 bits per heavy atom. The molecular weight excluding hydrogens is 318 g/mol. The highest BCUT2D eigenvalue weighted by molar-refractivity contribution is 5.78. The van der Waals surface area contributed by atoms with Crippen LogP contribution in [0.2, 0.25) is 0 Å². The van der Waals surface area contributed by atoms with Crippen molar-refractivity contribution in [2.75, 3.05) is 26.2 Å². The first kappa shape index (κ1) is 19.2. The summed E-state index contributed by atoms with van der Waals surface area (Å²) in [6.07, 6.45) is 3.51. The van der Waals surface area contributed by atoms with Crippen LogP contribution in [0.25, 0.3) is 0 Å². The predicted molar refractivity (Wildman–Crippen MR) is 96.9 cm³/mol. The van der Waals surface area contributed by atoms with Crippen LogP contribution >= 0.6 is 0 Å². The fraction of sp³-hybridized carbons (Fsp3) is 0.579. The molecule has 6 heteroatoms. The minimum absolute atomic E-state index is 0.0313. The van der Waals surface area contributed by atoms with Gasteiger partial charge in [-0.05, 0) is 24.0 Å². The second kappa shape index (κ2) is 10.0. The Morgan fingerprint density at radius 3 is 2.80 bits per heavy atom. The van der Waals surface area contributed by atoms with Gasteiger partial charge in [-0.1, -0.05) is 37.6 Å². The van der Waals surface area contributed by atoms with Gasteiger partial charge >= 0.3 is 6.03 Å². The van der Waals surface area contributed by atoms with E-state index < -0.39 is 0 Å². The van der Waals surface area contributed by atoms with Crippen LogP contribution in [-0.4, -0.2) is 53.1 Å². The first-order chi connectivity index (χ1) is 12.1. The van der Waals surface area contributed by atoms with Gasteiger partial charge in [0.2, 0.25) is 5.91 Å². The number of benzene rings is 1. The maximum absolute atomic E-state index is 12.3. The molecule has 0 aromatic heterocycles. The van der Waals surface area contributed by atoms with Gasteiger partial charge in [0, 0.05) is 39.1 Å². The van der Waals surface area contributed by atoms with Gasteiger partial charge in [-0.2, -0.15) is 0 Å². The molecule has 0 bridgehead atoms. The third-order valence-corrected chi connectivity index (χ3v) is 4.42. The molecular formula is C19H29N3O3. The lowest BCUT2D eigenvalue weighted by atomic mass is 10.1. The van der Waals surface area contributed by atoms with Crippen molar-refractivity contribution < 1.29 is 14.7 Å². The summed E-state index contributed by atoms with van der Waals surface area (Å²) in [5.41, 5.74) is 2.09. The Kier molecular flexibility index (Phi) is 7.73. The Bertz CT molecular complexity index is 577. The van der Waals surface area contributed by atoms with E-state index in [0.29, 0.717) is 32.6 Å². The summed E-state index contributed by atoms with van der Waals surface area (Å²) in [5, 5.41) is 12.0. The van der Waals surface area contributed by atoms with E-state index in [1.165, 1.54) is 0 Å². The molecule has 0 atom stereocenters. The van der Waals surface area contributed by atoms with Crippen LogP contribution in [0.15, 0.2) is 24.3 Å². The molecule has 0 radical (unpaired) electrons. The zero-order valence-corrected chi connectivity index (χ0v) is 15.0. The molecule has 138 valence electrons. The number of rotatable bonds is 9. The number of carbonyl (C=O) groups excluding carboxylic acids is 2. The predicted octanol–water partition coefficient (Wildman–Crippen LogP) is 2.11. The number of aliphatic hydroxyl groups excluding tert-OH is 1. The largest absolute Gasteiger partial charge is 0.395 e. The van der Waals surface area contributed by atoms with E-state index in [1.807, 2.05) is 29.2 Å². The van der Waals surface area contributed by atoms with Crippen molar-refractivity contribution in [1.29, 1.82) is 0 Å². The zero-order valence-electron chi connectivity index (χ0n) is 15.0. The van der Waals surface area contributed by atoms with Crippen molar-refractivity contribution in [3.05, 3.63) is 35.4 Å². The van der Waals surface area contributed by atoms with Crippen molar-refractivity contribution in [1.82, 2.24) is 15.1 Å². The van der Waals surface area contributed by atoms with Crippen molar-refractivity contribution >= 4 is 11.9 Å². The third-order valence-electron chi connectivity index (χ3n) is 4.42. The number of nitrogens with one attached hydrogen (secondary N) is 1. The second-order valence-corrected chi connectivity index (χ2v) is 6.46. The Labute approximate surface area is 149 Å². The molecule has 1 aromatic carbocycles. The van der Waals surface area contributed by atoms with Crippen LogP contribution in [0.4, 0.5) is 4.79 Å². The minimum Gasteiger partial charge on any atom is -0.395 e. The fourth-order valence-corrected chi connectivity index (χ4v) is 3.00. The highest BCUT2D eigenvalue weighted by Crippen LogP contribution is 2.15. The molecule has 1 fully saturated rings. The summed E-state index contributed by atoms with van der Waals surface area (Å²) in [7, 11) is 0. The van der Waals surface area contributed by atoms with Gasteiger partial charge < -0.3 is 20.2 Å². The third kappa shape index (κ3) is 6.05. The molecule has 3 amide bonds. The number of hydrogen-bond donors (Lipinski definition) is 2. The van der Waals surface area contributed by atoms with Gasteiger partial charge in [-0.3, -0.25) is 4.79 Å². The van der Waals surface area contributed by atoms with Gasteiger partial charge in [0.25, 0.3) is 0 Å². The monoisotopic (exact) mass is 347 g/mol. The lowest BCUT2D eigenvalue weighted by Gasteiger charge is -2.22. The van der Waals surface area contributed by atoms with Crippen molar-refractivity contribution in [2.24, 2.45) is 0 Å². The Morgan fingerprint density at radius 2 is 2.12 bits per heavy atom. The molecule has 0 spiro atoms. The van der Waals surface area contributed by atoms with Crippen molar-refractivity contribution in [2.45, 2.75) is 45.7 Å². The average molecular weight is 347 g/mol. The SMILES string of the molecule is CCCCN(CCO)C(=O)NCc1cccc(CN2CCCC2=O)c1. The Balaban J connectivity index is 1.88. The summed E-state index contributed by atoms with van der Waals surface area (Å²) < 4.78 is 0. The number of hydrogen-bond acceptors (Lipinski definition) is 3. The second-order valence-electron chi connectivity index (χ2n) is 6.46. The van der Waals surface area contributed by atoms with Crippen molar-refractivity contribution in [3.8, 4) is 0 Å². The smallest absolute Gasteiger partial charge is 0.317 e. The Hall–Kier alpha value is -2.08. The number of aliphatic hydroxyl groups is 1. The maximum Gasteiger partial charge on any atom is 0.317 e. The quantitative estimate of drug-likeness (QED) is 0.719. The molecule has 6 nitrogen and oxygen atoms in total. The summed E-state index contributed by atoms with van der Waals surface area (Å²) in [6, 6.07) is 7.82. The first-order valence-electron chi connectivity index (χ1n) is 9.13. The number of unbranched alkanes of at least 4 members (excludes halogenated alkanes) is 1. The number of likely N-dealkylation sites (tertiary alicyclic amines) is 1. The summed E-state index contributed by atoms with van der Waals surface area (Å²) >= 11 is 0. The van der Waals surface area contributed by atoms with Crippen molar-refractivity contribution in [3.63, 3.8) is 0 Å². The average Bonchev–Trinajstić information content (AvgIpc) is 3.01. The van der Waals surface area contributed by atoms with E-state index in [4.69, 9.17) is 5.11 Å². The van der Waals surface area contributed by atoms with E-state index in [0.717, 1.165) is 36.9 Å². The van der Waals surface area contributed by atoms with E-state index in [9.17, 15) is 9.59 Å². The highest BCUT2D eigenvalue weighted by Gasteiger charge is 2.20. The van der Waals surface area contributed by atoms with Gasteiger partial charge in [0.1, 0.15) is 0 Å². The van der Waals surface area contributed by atoms with Gasteiger partial charge in [0.05, 0.1) is 6.61 Å². The maximum atomic E-state index is 12.3. The van der Waals surface area contributed by atoms with Crippen LogP contribution in [0, 0.1) is 0 Å². The van der Waals surface area contributed by atoms with Crippen LogP contribution < -0.4 is 5.32 Å². The standard InChI is InChI=1S/C19H29N3O3/c1-2-3-9-21(11-12-23)19(25)20-14-16-6-4-7-17(13-16)15-22-10-5-8-18(22)24/h4,6-7,13,23H,2-3,5,8-12,14-15H2,1H3,(H,20,25). The number of carbonyl (C=O) groups is 2. The summed E-state index contributed by atoms with van der Waals surface area (Å²) in [6.45, 7) is 4.95. The van der Waals surface area contributed by atoms with Gasteiger partial charge in [-0.25, -0.2) is 4.79 Å². The van der Waals surface area contributed by atoms with E-state index in [-0.39, 0.29) is 18.5 Å². The molecule has 1 aliphatic heterocycles. The topological polar surface area (TPSA) is 72.9 Å². The number of amides is 3. The molecule has 0 unspecified atom stereocenters. The summed E-state index contributed by atoms with van der Waals surface area (Å²) in [5.74, 6) is 0.217.